The molecule has 23 heavy (non-hydrogen) atoms. The SMILES string of the molecule is CC(C)(C)OC(=O)N1CCN(c2cc(Cl)nc3ncnn23)CC1. The zero-order valence-corrected chi connectivity index (χ0v) is 14.1. The molecule has 0 unspecified atom stereocenters. The number of fused-ring (bicyclic) bond motifs is 1. The second-order valence-electron chi connectivity index (χ2n) is 6.36. The molecule has 0 radical (unpaired) electrons. The van der Waals surface area contributed by atoms with Gasteiger partial charge in [-0.1, -0.05) is 11.6 Å². The number of amides is 1. The fraction of sp³-hybridized carbons (Fsp3) is 0.571. The molecule has 0 saturated carbocycles. The lowest BCUT2D eigenvalue weighted by Gasteiger charge is -2.36. The number of carbonyl (C=O) groups is 1. The molecule has 3 rings (SSSR count). The monoisotopic (exact) mass is 338 g/mol. The molecule has 1 aliphatic heterocycles. The number of carbonyl (C=O) groups excluding carboxylic acids is 1. The topological polar surface area (TPSA) is 75.9 Å². The van der Waals surface area contributed by atoms with Crippen molar-refractivity contribution in [2.75, 3.05) is 31.1 Å². The van der Waals surface area contributed by atoms with E-state index in [2.05, 4.69) is 20.0 Å². The highest BCUT2D eigenvalue weighted by Gasteiger charge is 2.27. The molecular formula is C14H19ClN6O2. The van der Waals surface area contributed by atoms with Crippen LogP contribution in [0.15, 0.2) is 12.4 Å². The second kappa shape index (κ2) is 5.84. The van der Waals surface area contributed by atoms with Gasteiger partial charge in [0.1, 0.15) is 22.9 Å². The maximum absolute atomic E-state index is 12.1. The predicted octanol–water partition coefficient (Wildman–Crippen LogP) is 1.83. The first-order valence-corrected chi connectivity index (χ1v) is 7.80. The van der Waals surface area contributed by atoms with Crippen LogP contribution in [-0.4, -0.2) is 62.4 Å². The van der Waals surface area contributed by atoms with Crippen LogP contribution >= 0.6 is 11.6 Å². The molecule has 1 saturated heterocycles. The Morgan fingerprint density at radius 1 is 1.26 bits per heavy atom. The molecule has 0 N–H and O–H groups in total. The van der Waals surface area contributed by atoms with E-state index in [1.165, 1.54) is 6.33 Å². The molecule has 0 bridgehead atoms. The molecule has 0 spiro atoms. The second-order valence-corrected chi connectivity index (χ2v) is 6.75. The van der Waals surface area contributed by atoms with Crippen molar-refractivity contribution in [1.29, 1.82) is 0 Å². The number of halogens is 1. The highest BCUT2D eigenvalue weighted by atomic mass is 35.5. The van der Waals surface area contributed by atoms with E-state index in [0.717, 1.165) is 5.82 Å². The zero-order chi connectivity index (χ0) is 16.6. The standard InChI is InChI=1S/C14H19ClN6O2/c1-14(2,3)23-13(22)20-6-4-19(5-7-20)11-8-10(15)18-12-16-9-17-21(11)12/h8-9H,4-7H2,1-3H3. The lowest BCUT2D eigenvalue weighted by Crippen LogP contribution is -2.50. The Bertz CT molecular complexity index is 718. The zero-order valence-electron chi connectivity index (χ0n) is 13.4. The van der Waals surface area contributed by atoms with Gasteiger partial charge in [0, 0.05) is 32.2 Å². The van der Waals surface area contributed by atoms with Crippen molar-refractivity contribution in [3.05, 3.63) is 17.5 Å². The molecule has 2 aromatic heterocycles. The molecule has 0 aliphatic carbocycles. The van der Waals surface area contributed by atoms with Gasteiger partial charge in [-0.2, -0.15) is 19.6 Å². The molecule has 2 aromatic rings. The smallest absolute Gasteiger partial charge is 0.410 e. The third-order valence-corrected chi connectivity index (χ3v) is 3.65. The third-order valence-electron chi connectivity index (χ3n) is 3.46. The quantitative estimate of drug-likeness (QED) is 0.738. The minimum atomic E-state index is -0.486. The molecular weight excluding hydrogens is 320 g/mol. The van der Waals surface area contributed by atoms with E-state index >= 15 is 0 Å². The molecule has 0 atom stereocenters. The summed E-state index contributed by atoms with van der Waals surface area (Å²) in [5.41, 5.74) is -0.486. The van der Waals surface area contributed by atoms with Gasteiger partial charge in [-0.05, 0) is 20.8 Å². The number of hydrogen-bond donors (Lipinski definition) is 0. The van der Waals surface area contributed by atoms with E-state index in [1.54, 1.807) is 15.5 Å². The molecule has 8 nitrogen and oxygen atoms in total. The molecule has 1 amide bonds. The number of hydrogen-bond acceptors (Lipinski definition) is 6. The molecule has 9 heteroatoms. The maximum atomic E-state index is 12.1. The summed E-state index contributed by atoms with van der Waals surface area (Å²) in [6.07, 6.45) is 1.16. The van der Waals surface area contributed by atoms with Gasteiger partial charge in [-0.3, -0.25) is 0 Å². The van der Waals surface area contributed by atoms with Crippen molar-refractivity contribution in [2.45, 2.75) is 26.4 Å². The molecule has 1 fully saturated rings. The van der Waals surface area contributed by atoms with Crippen LogP contribution in [0.4, 0.5) is 10.6 Å². The van der Waals surface area contributed by atoms with Crippen molar-refractivity contribution < 1.29 is 9.53 Å². The third kappa shape index (κ3) is 3.47. The number of ether oxygens (including phenoxy) is 1. The van der Waals surface area contributed by atoms with Crippen LogP contribution in [0.25, 0.3) is 5.78 Å². The van der Waals surface area contributed by atoms with Crippen LogP contribution in [0.1, 0.15) is 20.8 Å². The summed E-state index contributed by atoms with van der Waals surface area (Å²) in [5.74, 6) is 1.28. The average molecular weight is 339 g/mol. The largest absolute Gasteiger partial charge is 0.444 e. The number of rotatable bonds is 1. The minimum absolute atomic E-state index is 0.282. The Labute approximate surface area is 139 Å². The molecule has 124 valence electrons. The van der Waals surface area contributed by atoms with Gasteiger partial charge in [0.05, 0.1) is 0 Å². The van der Waals surface area contributed by atoms with E-state index in [-0.39, 0.29) is 6.09 Å². The summed E-state index contributed by atoms with van der Waals surface area (Å²) >= 11 is 6.05. The van der Waals surface area contributed by atoms with Crippen LogP contribution in [0.5, 0.6) is 0 Å². The number of anilines is 1. The van der Waals surface area contributed by atoms with E-state index in [1.807, 2.05) is 20.8 Å². The van der Waals surface area contributed by atoms with Gasteiger partial charge in [0.25, 0.3) is 5.78 Å². The van der Waals surface area contributed by atoms with Gasteiger partial charge in [-0.15, -0.1) is 0 Å². The Morgan fingerprint density at radius 3 is 2.61 bits per heavy atom. The first kappa shape index (κ1) is 15.8. The minimum Gasteiger partial charge on any atom is -0.444 e. The van der Waals surface area contributed by atoms with Crippen LogP contribution in [-0.2, 0) is 4.74 Å². The Morgan fingerprint density at radius 2 is 1.96 bits per heavy atom. The molecule has 1 aliphatic rings. The number of nitrogens with zero attached hydrogens (tertiary/aromatic N) is 6. The maximum Gasteiger partial charge on any atom is 0.410 e. The van der Waals surface area contributed by atoms with Crippen LogP contribution in [0.3, 0.4) is 0 Å². The van der Waals surface area contributed by atoms with Crippen molar-refractivity contribution in [2.24, 2.45) is 0 Å². The summed E-state index contributed by atoms with van der Waals surface area (Å²) in [6, 6.07) is 1.76. The van der Waals surface area contributed by atoms with E-state index in [0.29, 0.717) is 37.1 Å². The van der Waals surface area contributed by atoms with E-state index < -0.39 is 5.60 Å². The number of aromatic nitrogens is 4. The molecule has 0 aromatic carbocycles. The summed E-state index contributed by atoms with van der Waals surface area (Å²) in [5, 5.41) is 4.55. The Kier molecular flexibility index (Phi) is 4.01. The highest BCUT2D eigenvalue weighted by Crippen LogP contribution is 2.21. The first-order chi connectivity index (χ1) is 10.8. The average Bonchev–Trinajstić information content (AvgIpc) is 2.93. The van der Waals surface area contributed by atoms with Crippen molar-refractivity contribution in [1.82, 2.24) is 24.5 Å². The van der Waals surface area contributed by atoms with Crippen molar-refractivity contribution in [3.63, 3.8) is 0 Å². The van der Waals surface area contributed by atoms with Gasteiger partial charge >= 0.3 is 6.09 Å². The summed E-state index contributed by atoms with van der Waals surface area (Å²) in [6.45, 7) is 8.06. The van der Waals surface area contributed by atoms with Gasteiger partial charge in [0.2, 0.25) is 0 Å². The fourth-order valence-electron chi connectivity index (χ4n) is 2.44. The van der Waals surface area contributed by atoms with Crippen LogP contribution in [0.2, 0.25) is 5.15 Å². The van der Waals surface area contributed by atoms with Crippen LogP contribution in [0, 0.1) is 0 Å². The first-order valence-electron chi connectivity index (χ1n) is 7.43. The molecule has 3 heterocycles. The normalized spacial score (nSPS) is 16.0. The van der Waals surface area contributed by atoms with Gasteiger partial charge in [0.15, 0.2) is 0 Å². The predicted molar refractivity (Wildman–Crippen MR) is 85.8 cm³/mol. The fourth-order valence-corrected chi connectivity index (χ4v) is 2.61. The van der Waals surface area contributed by atoms with E-state index in [4.69, 9.17) is 16.3 Å². The van der Waals surface area contributed by atoms with Crippen molar-refractivity contribution >= 4 is 29.3 Å². The summed E-state index contributed by atoms with van der Waals surface area (Å²) in [7, 11) is 0. The van der Waals surface area contributed by atoms with Crippen molar-refractivity contribution in [3.8, 4) is 0 Å². The van der Waals surface area contributed by atoms with Gasteiger partial charge in [-0.25, -0.2) is 4.79 Å². The number of piperazine rings is 1. The van der Waals surface area contributed by atoms with Crippen LogP contribution < -0.4 is 4.90 Å². The van der Waals surface area contributed by atoms with Gasteiger partial charge < -0.3 is 14.5 Å². The van der Waals surface area contributed by atoms with E-state index in [9.17, 15) is 4.79 Å². The lowest BCUT2D eigenvalue weighted by atomic mass is 10.2. The summed E-state index contributed by atoms with van der Waals surface area (Å²) in [4.78, 5) is 24.1. The Balaban J connectivity index is 1.71. The summed E-state index contributed by atoms with van der Waals surface area (Å²) < 4.78 is 7.05. The lowest BCUT2D eigenvalue weighted by molar-refractivity contribution is 0.0240. The Hall–Kier alpha value is -2.09. The highest BCUT2D eigenvalue weighted by molar-refractivity contribution is 6.29.